The average Bonchev–Trinajstić information content (AvgIpc) is 2.84. The van der Waals surface area contributed by atoms with Gasteiger partial charge in [0.2, 0.25) is 0 Å². The number of benzene rings is 1. The van der Waals surface area contributed by atoms with E-state index in [1.165, 1.54) is 0 Å². The number of nitrogens with one attached hydrogen (secondary N) is 1. The van der Waals surface area contributed by atoms with Crippen LogP contribution in [0.2, 0.25) is 5.02 Å². The molecule has 2 rings (SSSR count). The summed E-state index contributed by atoms with van der Waals surface area (Å²) in [5, 5.41) is 20.2. The maximum absolute atomic E-state index is 8.95. The first-order valence-electron chi connectivity index (χ1n) is 5.08. The lowest BCUT2D eigenvalue weighted by atomic mass is 10.2. The third kappa shape index (κ3) is 2.74. The number of halogens is 1. The number of hydrogen-bond acceptors (Lipinski definition) is 4. The fourth-order valence-electron chi connectivity index (χ4n) is 1.44. The van der Waals surface area contributed by atoms with E-state index in [1.807, 2.05) is 0 Å². The van der Waals surface area contributed by atoms with Gasteiger partial charge in [-0.05, 0) is 12.1 Å². The Balaban J connectivity index is 2.02. The van der Waals surface area contributed by atoms with Crippen molar-refractivity contribution in [2.45, 2.75) is 6.54 Å². The van der Waals surface area contributed by atoms with Crippen molar-refractivity contribution >= 4 is 17.3 Å². The predicted molar refractivity (Wildman–Crippen MR) is 64.7 cm³/mol. The van der Waals surface area contributed by atoms with Crippen molar-refractivity contribution in [2.75, 3.05) is 11.9 Å². The molecule has 0 aliphatic heterocycles. The second-order valence-electron chi connectivity index (χ2n) is 3.37. The summed E-state index contributed by atoms with van der Waals surface area (Å²) in [6, 6.07) is 7.33. The molecule has 0 fully saturated rings. The molecule has 0 spiro atoms. The second-order valence-corrected chi connectivity index (χ2v) is 3.77. The smallest absolute Gasteiger partial charge is 0.101 e. The summed E-state index contributed by atoms with van der Waals surface area (Å²) in [5.74, 6) is 0. The van der Waals surface area contributed by atoms with Crippen LogP contribution in [-0.4, -0.2) is 21.5 Å². The summed E-state index contributed by atoms with van der Waals surface area (Å²) in [6.07, 6.45) is 3.40. The van der Waals surface area contributed by atoms with Crippen LogP contribution in [0.3, 0.4) is 0 Å². The van der Waals surface area contributed by atoms with E-state index in [4.69, 9.17) is 16.9 Å². The highest BCUT2D eigenvalue weighted by Gasteiger charge is 2.05. The lowest BCUT2D eigenvalue weighted by Gasteiger charge is -2.09. The van der Waals surface area contributed by atoms with Crippen LogP contribution < -0.4 is 5.32 Å². The van der Waals surface area contributed by atoms with Gasteiger partial charge in [0.05, 0.1) is 29.0 Å². The molecule has 1 N–H and O–H groups in total. The van der Waals surface area contributed by atoms with Gasteiger partial charge in [-0.3, -0.25) is 4.68 Å². The highest BCUT2D eigenvalue weighted by molar-refractivity contribution is 6.33. The molecule has 1 heterocycles. The summed E-state index contributed by atoms with van der Waals surface area (Å²) in [5.41, 5.74) is 1.20. The maximum atomic E-state index is 8.95. The number of nitriles is 1. The van der Waals surface area contributed by atoms with Gasteiger partial charge < -0.3 is 5.32 Å². The Kier molecular flexibility index (Phi) is 3.58. The van der Waals surface area contributed by atoms with Crippen LogP contribution in [0, 0.1) is 11.3 Å². The molecule has 17 heavy (non-hydrogen) atoms. The molecule has 1 aromatic carbocycles. The average molecular weight is 248 g/mol. The van der Waals surface area contributed by atoms with Crippen molar-refractivity contribution in [2.24, 2.45) is 0 Å². The molecule has 0 bridgehead atoms. The highest BCUT2D eigenvalue weighted by Crippen LogP contribution is 2.24. The third-order valence-electron chi connectivity index (χ3n) is 2.25. The van der Waals surface area contributed by atoms with Crippen LogP contribution in [0.25, 0.3) is 0 Å². The molecule has 6 heteroatoms. The first-order chi connectivity index (χ1) is 8.31. The molecular formula is C11H10ClN5. The van der Waals surface area contributed by atoms with E-state index in [0.29, 0.717) is 29.4 Å². The number of hydrogen-bond donors (Lipinski definition) is 1. The summed E-state index contributed by atoms with van der Waals surface area (Å²) in [6.45, 7) is 1.29. The largest absolute Gasteiger partial charge is 0.381 e. The molecule has 0 amide bonds. The molecule has 86 valence electrons. The minimum absolute atomic E-state index is 0.538. The minimum Gasteiger partial charge on any atom is -0.381 e. The van der Waals surface area contributed by atoms with Gasteiger partial charge in [-0.2, -0.15) is 5.26 Å². The van der Waals surface area contributed by atoms with Gasteiger partial charge in [-0.1, -0.05) is 22.9 Å². The highest BCUT2D eigenvalue weighted by atomic mass is 35.5. The van der Waals surface area contributed by atoms with Crippen molar-refractivity contribution in [3.05, 3.63) is 41.2 Å². The quantitative estimate of drug-likeness (QED) is 0.896. The molecule has 0 saturated carbocycles. The minimum atomic E-state index is 0.538. The van der Waals surface area contributed by atoms with Gasteiger partial charge in [0, 0.05) is 12.7 Å². The molecule has 0 atom stereocenters. The Bertz CT molecular complexity index is 529. The molecule has 1 aromatic heterocycles. The molecule has 0 unspecified atom stereocenters. The van der Waals surface area contributed by atoms with Crippen molar-refractivity contribution < 1.29 is 0 Å². The van der Waals surface area contributed by atoms with Crippen LogP contribution >= 0.6 is 11.6 Å². The summed E-state index contributed by atoms with van der Waals surface area (Å²) < 4.78 is 1.70. The van der Waals surface area contributed by atoms with Crippen LogP contribution in [0.5, 0.6) is 0 Å². The van der Waals surface area contributed by atoms with E-state index in [0.717, 1.165) is 0 Å². The molecular weight excluding hydrogens is 238 g/mol. The summed E-state index contributed by atoms with van der Waals surface area (Å²) in [7, 11) is 0. The normalized spacial score (nSPS) is 9.88. The van der Waals surface area contributed by atoms with Crippen LogP contribution in [0.1, 0.15) is 5.56 Å². The van der Waals surface area contributed by atoms with Crippen LogP contribution in [0.15, 0.2) is 30.6 Å². The molecule has 5 nitrogen and oxygen atoms in total. The Hall–Kier alpha value is -2.06. The van der Waals surface area contributed by atoms with Gasteiger partial charge in [0.1, 0.15) is 6.07 Å². The van der Waals surface area contributed by atoms with Crippen molar-refractivity contribution in [1.82, 2.24) is 15.0 Å². The topological polar surface area (TPSA) is 66.5 Å². The van der Waals surface area contributed by atoms with Gasteiger partial charge >= 0.3 is 0 Å². The van der Waals surface area contributed by atoms with E-state index >= 15 is 0 Å². The lowest BCUT2D eigenvalue weighted by Crippen LogP contribution is -2.12. The number of para-hydroxylation sites is 1. The van der Waals surface area contributed by atoms with Crippen molar-refractivity contribution in [1.29, 1.82) is 5.26 Å². The standard InChI is InChI=1S/C11H10ClN5/c12-10-3-1-2-9(8-13)11(10)14-4-6-17-7-5-15-16-17/h1-3,5,7,14H,4,6H2. The van der Waals surface area contributed by atoms with E-state index in [9.17, 15) is 0 Å². The van der Waals surface area contributed by atoms with Gasteiger partial charge in [0.15, 0.2) is 0 Å². The molecule has 0 radical (unpaired) electrons. The van der Waals surface area contributed by atoms with E-state index < -0.39 is 0 Å². The second kappa shape index (κ2) is 5.32. The van der Waals surface area contributed by atoms with Crippen molar-refractivity contribution in [3.8, 4) is 6.07 Å². The third-order valence-corrected chi connectivity index (χ3v) is 2.56. The monoisotopic (exact) mass is 247 g/mol. The molecule has 2 aromatic rings. The number of anilines is 1. The first-order valence-corrected chi connectivity index (χ1v) is 5.45. The van der Waals surface area contributed by atoms with E-state index in [1.54, 1.807) is 35.3 Å². The van der Waals surface area contributed by atoms with Gasteiger partial charge in [-0.15, -0.1) is 5.10 Å². The van der Waals surface area contributed by atoms with Gasteiger partial charge in [-0.25, -0.2) is 0 Å². The van der Waals surface area contributed by atoms with E-state index in [2.05, 4.69) is 21.7 Å². The molecule has 0 aliphatic rings. The van der Waals surface area contributed by atoms with Crippen LogP contribution in [-0.2, 0) is 6.54 Å². The summed E-state index contributed by atoms with van der Waals surface area (Å²) in [4.78, 5) is 0. The zero-order valence-electron chi connectivity index (χ0n) is 8.97. The Labute approximate surface area is 104 Å². The Morgan fingerprint density at radius 1 is 1.47 bits per heavy atom. The maximum Gasteiger partial charge on any atom is 0.101 e. The number of nitrogens with zero attached hydrogens (tertiary/aromatic N) is 4. The number of rotatable bonds is 4. The van der Waals surface area contributed by atoms with Crippen LogP contribution in [0.4, 0.5) is 5.69 Å². The lowest BCUT2D eigenvalue weighted by molar-refractivity contribution is 0.609. The van der Waals surface area contributed by atoms with E-state index in [-0.39, 0.29) is 0 Å². The number of aromatic nitrogens is 3. The zero-order valence-corrected chi connectivity index (χ0v) is 9.72. The molecule has 0 saturated heterocycles. The SMILES string of the molecule is N#Cc1cccc(Cl)c1NCCn1ccnn1. The molecule has 0 aliphatic carbocycles. The van der Waals surface area contributed by atoms with Gasteiger partial charge in [0.25, 0.3) is 0 Å². The fraction of sp³-hybridized carbons (Fsp3) is 0.182. The Morgan fingerprint density at radius 2 is 2.35 bits per heavy atom. The fourth-order valence-corrected chi connectivity index (χ4v) is 1.69. The Morgan fingerprint density at radius 3 is 3.06 bits per heavy atom. The zero-order chi connectivity index (χ0) is 12.1. The van der Waals surface area contributed by atoms with Crippen molar-refractivity contribution in [3.63, 3.8) is 0 Å². The predicted octanol–water partition coefficient (Wildman–Crippen LogP) is 1.92. The summed E-state index contributed by atoms with van der Waals surface area (Å²) >= 11 is 6.02. The first kappa shape index (κ1) is 11.4.